The van der Waals surface area contributed by atoms with Gasteiger partial charge in [0.15, 0.2) is 0 Å². The highest BCUT2D eigenvalue weighted by Gasteiger charge is 2.07. The standard InChI is InChI=1S/C11H13ClO2/c1-3-8-7-11(14-2)10(12)6-9(8)4-5-13/h5-7H,3-4H2,1-2H3. The lowest BCUT2D eigenvalue weighted by atomic mass is 10.0. The number of rotatable bonds is 4. The van der Waals surface area contributed by atoms with Gasteiger partial charge in [0.05, 0.1) is 12.1 Å². The molecule has 76 valence electrons. The van der Waals surface area contributed by atoms with Crippen LogP contribution < -0.4 is 4.74 Å². The summed E-state index contributed by atoms with van der Waals surface area (Å²) in [5.41, 5.74) is 2.09. The van der Waals surface area contributed by atoms with Gasteiger partial charge in [-0.1, -0.05) is 18.5 Å². The fraction of sp³-hybridized carbons (Fsp3) is 0.364. The van der Waals surface area contributed by atoms with E-state index in [0.29, 0.717) is 17.2 Å². The van der Waals surface area contributed by atoms with Gasteiger partial charge in [0, 0.05) is 6.42 Å². The summed E-state index contributed by atoms with van der Waals surface area (Å²) >= 11 is 5.95. The first-order valence-electron chi connectivity index (χ1n) is 4.51. The molecule has 0 fully saturated rings. The van der Waals surface area contributed by atoms with E-state index in [1.807, 2.05) is 13.0 Å². The van der Waals surface area contributed by atoms with Crippen LogP contribution in [0, 0.1) is 0 Å². The number of benzene rings is 1. The lowest BCUT2D eigenvalue weighted by Crippen LogP contribution is -1.96. The van der Waals surface area contributed by atoms with E-state index in [0.717, 1.165) is 23.8 Å². The van der Waals surface area contributed by atoms with E-state index >= 15 is 0 Å². The number of hydrogen-bond donors (Lipinski definition) is 0. The topological polar surface area (TPSA) is 26.3 Å². The maximum atomic E-state index is 10.4. The normalized spacial score (nSPS) is 9.93. The molecule has 3 heteroatoms. The first-order valence-corrected chi connectivity index (χ1v) is 4.89. The van der Waals surface area contributed by atoms with Crippen LogP contribution in [-0.2, 0) is 17.6 Å². The van der Waals surface area contributed by atoms with Crippen LogP contribution in [0.5, 0.6) is 5.75 Å². The second kappa shape index (κ2) is 5.01. The molecule has 0 saturated carbocycles. The highest BCUT2D eigenvalue weighted by molar-refractivity contribution is 6.32. The second-order valence-electron chi connectivity index (χ2n) is 2.98. The second-order valence-corrected chi connectivity index (χ2v) is 3.39. The van der Waals surface area contributed by atoms with Crippen molar-refractivity contribution in [2.45, 2.75) is 19.8 Å². The van der Waals surface area contributed by atoms with Gasteiger partial charge in [0.2, 0.25) is 0 Å². The molecule has 1 rings (SSSR count). The Morgan fingerprint density at radius 1 is 1.43 bits per heavy atom. The fourth-order valence-corrected chi connectivity index (χ4v) is 1.67. The zero-order valence-corrected chi connectivity index (χ0v) is 9.10. The summed E-state index contributed by atoms with van der Waals surface area (Å²) in [5, 5.41) is 0.557. The summed E-state index contributed by atoms with van der Waals surface area (Å²) in [6.45, 7) is 2.04. The van der Waals surface area contributed by atoms with E-state index in [1.165, 1.54) is 0 Å². The monoisotopic (exact) mass is 212 g/mol. The van der Waals surface area contributed by atoms with Gasteiger partial charge in [-0.2, -0.15) is 0 Å². The molecule has 0 unspecified atom stereocenters. The van der Waals surface area contributed by atoms with Crippen LogP contribution in [0.4, 0.5) is 0 Å². The Bertz CT molecular complexity index is 334. The minimum Gasteiger partial charge on any atom is -0.495 e. The van der Waals surface area contributed by atoms with E-state index < -0.39 is 0 Å². The molecule has 0 spiro atoms. The third-order valence-corrected chi connectivity index (χ3v) is 2.45. The molecule has 0 amide bonds. The predicted molar refractivity (Wildman–Crippen MR) is 57.2 cm³/mol. The molecule has 0 aromatic heterocycles. The van der Waals surface area contributed by atoms with Crippen molar-refractivity contribution in [3.05, 3.63) is 28.3 Å². The highest BCUT2D eigenvalue weighted by Crippen LogP contribution is 2.28. The Morgan fingerprint density at radius 2 is 2.14 bits per heavy atom. The molecule has 0 saturated heterocycles. The number of aryl methyl sites for hydroxylation is 1. The summed E-state index contributed by atoms with van der Waals surface area (Å²) < 4.78 is 5.10. The maximum Gasteiger partial charge on any atom is 0.137 e. The van der Waals surface area contributed by atoms with Crippen LogP contribution in [0.3, 0.4) is 0 Å². The molecule has 0 heterocycles. The number of aldehydes is 1. The third kappa shape index (κ3) is 2.26. The number of halogens is 1. The average molecular weight is 213 g/mol. The molecule has 0 bridgehead atoms. The molecule has 0 radical (unpaired) electrons. The van der Waals surface area contributed by atoms with E-state index in [-0.39, 0.29) is 0 Å². The summed E-state index contributed by atoms with van der Waals surface area (Å²) in [6, 6.07) is 3.69. The van der Waals surface area contributed by atoms with Crippen LogP contribution in [-0.4, -0.2) is 13.4 Å². The number of ether oxygens (including phenoxy) is 1. The number of carbonyl (C=O) groups excluding carboxylic acids is 1. The molecular formula is C11H13ClO2. The minimum atomic E-state index is 0.410. The van der Waals surface area contributed by atoms with E-state index in [9.17, 15) is 4.79 Å². The van der Waals surface area contributed by atoms with Crippen molar-refractivity contribution in [2.24, 2.45) is 0 Å². The average Bonchev–Trinajstić information content (AvgIpc) is 2.19. The SMILES string of the molecule is CCc1cc(OC)c(Cl)cc1CC=O. The molecule has 0 atom stereocenters. The third-order valence-electron chi connectivity index (χ3n) is 2.16. The largest absolute Gasteiger partial charge is 0.495 e. The molecule has 0 aliphatic rings. The van der Waals surface area contributed by atoms with Gasteiger partial charge in [0.25, 0.3) is 0 Å². The maximum absolute atomic E-state index is 10.4. The van der Waals surface area contributed by atoms with Crippen LogP contribution in [0.1, 0.15) is 18.1 Å². The summed E-state index contributed by atoms with van der Waals surface area (Å²) in [6.07, 6.45) is 2.17. The van der Waals surface area contributed by atoms with E-state index in [4.69, 9.17) is 16.3 Å². The van der Waals surface area contributed by atoms with Gasteiger partial charge in [0.1, 0.15) is 12.0 Å². The van der Waals surface area contributed by atoms with Crippen molar-refractivity contribution in [3.8, 4) is 5.75 Å². The van der Waals surface area contributed by atoms with Crippen molar-refractivity contribution in [2.75, 3.05) is 7.11 Å². The lowest BCUT2D eigenvalue weighted by molar-refractivity contribution is -0.107. The van der Waals surface area contributed by atoms with Gasteiger partial charge >= 0.3 is 0 Å². The summed E-state index contributed by atoms with van der Waals surface area (Å²) in [5.74, 6) is 0.665. The van der Waals surface area contributed by atoms with Crippen molar-refractivity contribution < 1.29 is 9.53 Å². The highest BCUT2D eigenvalue weighted by atomic mass is 35.5. The Morgan fingerprint density at radius 3 is 2.64 bits per heavy atom. The molecule has 0 aliphatic carbocycles. The smallest absolute Gasteiger partial charge is 0.137 e. The Labute approximate surface area is 88.8 Å². The lowest BCUT2D eigenvalue weighted by Gasteiger charge is -2.09. The van der Waals surface area contributed by atoms with E-state index in [1.54, 1.807) is 13.2 Å². The quantitative estimate of drug-likeness (QED) is 0.718. The van der Waals surface area contributed by atoms with Gasteiger partial charge in [-0.25, -0.2) is 0 Å². The number of hydrogen-bond acceptors (Lipinski definition) is 2. The van der Waals surface area contributed by atoms with Crippen LogP contribution >= 0.6 is 11.6 Å². The molecule has 0 aliphatic heterocycles. The van der Waals surface area contributed by atoms with Crippen molar-refractivity contribution in [1.29, 1.82) is 0 Å². The van der Waals surface area contributed by atoms with E-state index in [2.05, 4.69) is 0 Å². The zero-order valence-electron chi connectivity index (χ0n) is 8.34. The Hall–Kier alpha value is -1.02. The first kappa shape index (κ1) is 11.1. The summed E-state index contributed by atoms with van der Waals surface area (Å²) in [4.78, 5) is 10.4. The molecule has 14 heavy (non-hydrogen) atoms. The van der Waals surface area contributed by atoms with Crippen molar-refractivity contribution in [1.82, 2.24) is 0 Å². The van der Waals surface area contributed by atoms with Gasteiger partial charge in [-0.15, -0.1) is 0 Å². The van der Waals surface area contributed by atoms with Gasteiger partial charge < -0.3 is 9.53 Å². The minimum absolute atomic E-state index is 0.410. The van der Waals surface area contributed by atoms with Crippen molar-refractivity contribution in [3.63, 3.8) is 0 Å². The molecule has 1 aromatic rings. The van der Waals surface area contributed by atoms with Gasteiger partial charge in [-0.3, -0.25) is 0 Å². The van der Waals surface area contributed by atoms with Crippen molar-refractivity contribution >= 4 is 17.9 Å². The molecule has 2 nitrogen and oxygen atoms in total. The number of carbonyl (C=O) groups is 1. The molecule has 0 N–H and O–H groups in total. The van der Waals surface area contributed by atoms with Crippen LogP contribution in [0.25, 0.3) is 0 Å². The zero-order chi connectivity index (χ0) is 10.6. The van der Waals surface area contributed by atoms with Crippen LogP contribution in [0.2, 0.25) is 5.02 Å². The Kier molecular flexibility index (Phi) is 3.96. The molecular weight excluding hydrogens is 200 g/mol. The first-order chi connectivity index (χ1) is 6.72. The fourth-order valence-electron chi connectivity index (χ4n) is 1.40. The predicted octanol–water partition coefficient (Wildman–Crippen LogP) is 2.65. The number of methoxy groups -OCH3 is 1. The summed E-state index contributed by atoms with van der Waals surface area (Å²) in [7, 11) is 1.58. The van der Waals surface area contributed by atoms with Crippen LogP contribution in [0.15, 0.2) is 12.1 Å². The Balaban J connectivity index is 3.16. The molecule has 1 aromatic carbocycles. The van der Waals surface area contributed by atoms with Gasteiger partial charge in [-0.05, 0) is 29.7 Å².